The Hall–Kier alpha value is -1.94. The standard InChI is InChI=1S/C15H11ClF2O2/c1-9(19)11-6-5-10(7-15(11)18)20-8-12-13(16)3-2-4-14(12)17/h2-7H,8H2,1H3. The minimum Gasteiger partial charge on any atom is -0.489 e. The van der Waals surface area contributed by atoms with Crippen LogP contribution < -0.4 is 4.74 Å². The van der Waals surface area contributed by atoms with E-state index in [1.165, 1.54) is 31.2 Å². The van der Waals surface area contributed by atoms with Crippen LogP contribution in [0.25, 0.3) is 0 Å². The lowest BCUT2D eigenvalue weighted by atomic mass is 10.1. The van der Waals surface area contributed by atoms with Crippen LogP contribution in [0.1, 0.15) is 22.8 Å². The van der Waals surface area contributed by atoms with E-state index in [1.54, 1.807) is 6.07 Å². The number of Topliss-reactive ketones (excluding diaryl/α,β-unsaturated/α-hetero) is 1. The van der Waals surface area contributed by atoms with Gasteiger partial charge < -0.3 is 4.74 Å². The Balaban J connectivity index is 2.16. The zero-order valence-electron chi connectivity index (χ0n) is 10.6. The first-order valence-corrected chi connectivity index (χ1v) is 6.23. The number of hydrogen-bond acceptors (Lipinski definition) is 2. The molecule has 2 rings (SSSR count). The van der Waals surface area contributed by atoms with Crippen molar-refractivity contribution in [3.63, 3.8) is 0 Å². The highest BCUT2D eigenvalue weighted by Gasteiger charge is 2.10. The molecule has 0 fully saturated rings. The van der Waals surface area contributed by atoms with E-state index in [1.807, 2.05) is 0 Å². The molecule has 0 atom stereocenters. The highest BCUT2D eigenvalue weighted by atomic mass is 35.5. The molecule has 0 spiro atoms. The fraction of sp³-hybridized carbons (Fsp3) is 0.133. The summed E-state index contributed by atoms with van der Waals surface area (Å²) in [4.78, 5) is 11.1. The van der Waals surface area contributed by atoms with E-state index in [0.717, 1.165) is 6.07 Å². The smallest absolute Gasteiger partial charge is 0.162 e. The molecule has 20 heavy (non-hydrogen) atoms. The van der Waals surface area contributed by atoms with Crippen molar-refractivity contribution in [2.24, 2.45) is 0 Å². The summed E-state index contributed by atoms with van der Waals surface area (Å²) in [5.41, 5.74) is 0.187. The van der Waals surface area contributed by atoms with Gasteiger partial charge in [0.2, 0.25) is 0 Å². The Morgan fingerprint density at radius 2 is 1.95 bits per heavy atom. The number of hydrogen-bond donors (Lipinski definition) is 0. The van der Waals surface area contributed by atoms with Crippen LogP contribution in [-0.4, -0.2) is 5.78 Å². The zero-order valence-corrected chi connectivity index (χ0v) is 11.4. The summed E-state index contributed by atoms with van der Waals surface area (Å²) in [6.45, 7) is 1.16. The van der Waals surface area contributed by atoms with Crippen molar-refractivity contribution >= 4 is 17.4 Å². The molecule has 0 saturated carbocycles. The van der Waals surface area contributed by atoms with Crippen LogP contribution in [0, 0.1) is 11.6 Å². The molecular formula is C15H11ClF2O2. The molecule has 0 heterocycles. The van der Waals surface area contributed by atoms with Gasteiger partial charge in [0, 0.05) is 11.6 Å². The maximum atomic E-state index is 13.6. The second kappa shape index (κ2) is 6.01. The maximum Gasteiger partial charge on any atom is 0.162 e. The second-order valence-corrected chi connectivity index (χ2v) is 4.59. The second-order valence-electron chi connectivity index (χ2n) is 4.19. The molecule has 0 aliphatic heterocycles. The number of halogens is 3. The minimum atomic E-state index is -0.672. The molecular weight excluding hydrogens is 286 g/mol. The van der Waals surface area contributed by atoms with Crippen LogP contribution >= 0.6 is 11.6 Å². The first-order chi connectivity index (χ1) is 9.49. The minimum absolute atomic E-state index is 0.0127. The monoisotopic (exact) mass is 296 g/mol. The average Bonchev–Trinajstić information content (AvgIpc) is 2.37. The van der Waals surface area contributed by atoms with Gasteiger partial charge in [-0.2, -0.15) is 0 Å². The van der Waals surface area contributed by atoms with Crippen molar-refractivity contribution in [2.75, 3.05) is 0 Å². The van der Waals surface area contributed by atoms with E-state index >= 15 is 0 Å². The van der Waals surface area contributed by atoms with Crippen LogP contribution in [0.5, 0.6) is 5.75 Å². The first kappa shape index (κ1) is 14.5. The normalized spacial score (nSPS) is 10.4. The molecule has 2 nitrogen and oxygen atoms in total. The van der Waals surface area contributed by atoms with Gasteiger partial charge in [-0.25, -0.2) is 8.78 Å². The third-order valence-electron chi connectivity index (χ3n) is 2.76. The van der Waals surface area contributed by atoms with Gasteiger partial charge in [-0.15, -0.1) is 0 Å². The Morgan fingerprint density at radius 3 is 2.55 bits per heavy atom. The maximum absolute atomic E-state index is 13.6. The van der Waals surface area contributed by atoms with Crippen molar-refractivity contribution in [3.8, 4) is 5.75 Å². The van der Waals surface area contributed by atoms with Gasteiger partial charge in [-0.05, 0) is 31.2 Å². The summed E-state index contributed by atoms with van der Waals surface area (Å²) in [5.74, 6) is -1.33. The molecule has 0 N–H and O–H groups in total. The van der Waals surface area contributed by atoms with E-state index in [-0.39, 0.29) is 34.3 Å². The number of rotatable bonds is 4. The summed E-state index contributed by atoms with van der Waals surface area (Å²) < 4.78 is 32.4. The third-order valence-corrected chi connectivity index (χ3v) is 3.12. The van der Waals surface area contributed by atoms with Crippen molar-refractivity contribution in [2.45, 2.75) is 13.5 Å². The number of carbonyl (C=O) groups excluding carboxylic acids is 1. The Morgan fingerprint density at radius 1 is 1.20 bits per heavy atom. The molecule has 2 aromatic carbocycles. The fourth-order valence-electron chi connectivity index (χ4n) is 1.70. The molecule has 2 aromatic rings. The Labute approximate surface area is 119 Å². The van der Waals surface area contributed by atoms with E-state index in [9.17, 15) is 13.6 Å². The van der Waals surface area contributed by atoms with Crippen LogP contribution in [-0.2, 0) is 6.61 Å². The summed E-state index contributed by atoms with van der Waals surface area (Å²) in [6.07, 6.45) is 0. The lowest BCUT2D eigenvalue weighted by Gasteiger charge is -2.09. The number of benzene rings is 2. The van der Waals surface area contributed by atoms with Crippen LogP contribution in [0.4, 0.5) is 8.78 Å². The molecule has 0 saturated heterocycles. The highest BCUT2D eigenvalue weighted by molar-refractivity contribution is 6.31. The number of carbonyl (C=O) groups is 1. The van der Waals surface area contributed by atoms with Gasteiger partial charge in [0.25, 0.3) is 0 Å². The highest BCUT2D eigenvalue weighted by Crippen LogP contribution is 2.22. The van der Waals surface area contributed by atoms with Gasteiger partial charge in [-0.1, -0.05) is 17.7 Å². The molecule has 0 amide bonds. The van der Waals surface area contributed by atoms with Gasteiger partial charge in [0.15, 0.2) is 5.78 Å². The lowest BCUT2D eigenvalue weighted by molar-refractivity contribution is 0.101. The van der Waals surface area contributed by atoms with Gasteiger partial charge >= 0.3 is 0 Å². The van der Waals surface area contributed by atoms with Crippen molar-refractivity contribution in [1.82, 2.24) is 0 Å². The SMILES string of the molecule is CC(=O)c1ccc(OCc2c(F)cccc2Cl)cc1F. The largest absolute Gasteiger partial charge is 0.489 e. The molecule has 0 aliphatic carbocycles. The molecule has 0 unspecified atom stereocenters. The fourth-order valence-corrected chi connectivity index (χ4v) is 1.91. The zero-order chi connectivity index (χ0) is 14.7. The molecule has 0 radical (unpaired) electrons. The molecule has 0 aromatic heterocycles. The van der Waals surface area contributed by atoms with Crippen molar-refractivity contribution in [1.29, 1.82) is 0 Å². The topological polar surface area (TPSA) is 26.3 Å². The quantitative estimate of drug-likeness (QED) is 0.782. The summed E-state index contributed by atoms with van der Waals surface area (Å²) in [5, 5.41) is 0.242. The van der Waals surface area contributed by atoms with Crippen molar-refractivity contribution < 1.29 is 18.3 Å². The summed E-state index contributed by atoms with van der Waals surface area (Å²) in [7, 11) is 0. The van der Waals surface area contributed by atoms with Crippen LogP contribution in [0.3, 0.4) is 0 Å². The Kier molecular flexibility index (Phi) is 4.35. The number of ether oxygens (including phenoxy) is 1. The summed E-state index contributed by atoms with van der Waals surface area (Å²) >= 11 is 5.86. The lowest BCUT2D eigenvalue weighted by Crippen LogP contribution is -2.01. The average molecular weight is 297 g/mol. The van der Waals surface area contributed by atoms with Gasteiger partial charge in [0.1, 0.15) is 24.0 Å². The predicted molar refractivity (Wildman–Crippen MR) is 72.1 cm³/mol. The van der Waals surface area contributed by atoms with E-state index < -0.39 is 11.6 Å². The first-order valence-electron chi connectivity index (χ1n) is 5.85. The van der Waals surface area contributed by atoms with E-state index in [0.29, 0.717) is 0 Å². The molecule has 5 heteroatoms. The van der Waals surface area contributed by atoms with Gasteiger partial charge in [0.05, 0.1) is 10.6 Å². The predicted octanol–water partition coefficient (Wildman–Crippen LogP) is 4.40. The molecule has 104 valence electrons. The van der Waals surface area contributed by atoms with Gasteiger partial charge in [-0.3, -0.25) is 4.79 Å². The van der Waals surface area contributed by atoms with E-state index in [4.69, 9.17) is 16.3 Å². The summed E-state index contributed by atoms with van der Waals surface area (Å²) in [6, 6.07) is 8.17. The van der Waals surface area contributed by atoms with E-state index in [2.05, 4.69) is 0 Å². The number of ketones is 1. The van der Waals surface area contributed by atoms with Crippen LogP contribution in [0.15, 0.2) is 36.4 Å². The van der Waals surface area contributed by atoms with Crippen molar-refractivity contribution in [3.05, 3.63) is 64.2 Å². The third kappa shape index (κ3) is 3.14. The van der Waals surface area contributed by atoms with Crippen LogP contribution in [0.2, 0.25) is 5.02 Å². The molecule has 0 aliphatic rings. The molecule has 0 bridgehead atoms. The Bertz CT molecular complexity index is 636.